The minimum atomic E-state index is -0.0379. The third kappa shape index (κ3) is 2.40. The predicted molar refractivity (Wildman–Crippen MR) is 83.6 cm³/mol. The highest BCUT2D eigenvalue weighted by Gasteiger charge is 2.26. The molecule has 0 saturated carbocycles. The van der Waals surface area contributed by atoms with Gasteiger partial charge in [0.2, 0.25) is 0 Å². The van der Waals surface area contributed by atoms with Crippen LogP contribution < -0.4 is 0 Å². The van der Waals surface area contributed by atoms with E-state index in [0.717, 1.165) is 34.6 Å². The molecule has 1 aliphatic rings. The fraction of sp³-hybridized carbons (Fsp3) is 0.250. The van der Waals surface area contributed by atoms with E-state index in [1.54, 1.807) is 18.5 Å². The van der Waals surface area contributed by atoms with Crippen molar-refractivity contribution in [1.29, 1.82) is 0 Å². The third-order valence-corrected chi connectivity index (χ3v) is 4.20. The Kier molecular flexibility index (Phi) is 3.18. The van der Waals surface area contributed by atoms with Gasteiger partial charge in [0.1, 0.15) is 5.69 Å². The van der Waals surface area contributed by atoms with E-state index in [1.165, 1.54) is 0 Å². The number of fused-ring (bicyclic) bond motifs is 1. The van der Waals surface area contributed by atoms with Gasteiger partial charge in [-0.15, -0.1) is 0 Å². The van der Waals surface area contributed by atoms with Crippen LogP contribution in [0, 0.1) is 6.92 Å². The van der Waals surface area contributed by atoms with E-state index in [4.69, 9.17) is 0 Å². The van der Waals surface area contributed by atoms with Gasteiger partial charge in [-0.3, -0.25) is 20.0 Å². The lowest BCUT2D eigenvalue weighted by molar-refractivity contribution is 0.0728. The van der Waals surface area contributed by atoms with Gasteiger partial charge in [0.05, 0.1) is 11.4 Å². The molecule has 1 aliphatic heterocycles. The molecular formula is C16H16N6O. The lowest BCUT2D eigenvalue weighted by Gasteiger charge is -2.26. The molecule has 23 heavy (non-hydrogen) atoms. The van der Waals surface area contributed by atoms with Gasteiger partial charge in [0, 0.05) is 48.7 Å². The van der Waals surface area contributed by atoms with Gasteiger partial charge in [-0.25, -0.2) is 0 Å². The Morgan fingerprint density at radius 2 is 2.04 bits per heavy atom. The maximum atomic E-state index is 12.7. The van der Waals surface area contributed by atoms with Crippen LogP contribution in [0.3, 0.4) is 0 Å². The molecular weight excluding hydrogens is 292 g/mol. The van der Waals surface area contributed by atoms with Gasteiger partial charge < -0.3 is 4.90 Å². The molecule has 116 valence electrons. The molecule has 7 nitrogen and oxygen atoms in total. The van der Waals surface area contributed by atoms with Crippen LogP contribution in [0.5, 0.6) is 0 Å². The smallest absolute Gasteiger partial charge is 0.272 e. The number of carbonyl (C=O) groups is 1. The van der Waals surface area contributed by atoms with Crippen molar-refractivity contribution in [2.24, 2.45) is 0 Å². The van der Waals surface area contributed by atoms with E-state index < -0.39 is 0 Å². The van der Waals surface area contributed by atoms with Crippen LogP contribution in [-0.2, 0) is 13.0 Å². The lowest BCUT2D eigenvalue weighted by atomic mass is 10.1. The topological polar surface area (TPSA) is 90.6 Å². The van der Waals surface area contributed by atoms with Crippen molar-refractivity contribution in [3.8, 4) is 11.3 Å². The van der Waals surface area contributed by atoms with E-state index >= 15 is 0 Å². The average Bonchev–Trinajstić information content (AvgIpc) is 3.22. The van der Waals surface area contributed by atoms with Crippen molar-refractivity contribution in [1.82, 2.24) is 30.3 Å². The Balaban J connectivity index is 1.56. The summed E-state index contributed by atoms with van der Waals surface area (Å²) in [5.41, 5.74) is 5.39. The highest BCUT2D eigenvalue weighted by Crippen LogP contribution is 2.22. The first-order valence-corrected chi connectivity index (χ1v) is 7.50. The van der Waals surface area contributed by atoms with Gasteiger partial charge in [0.25, 0.3) is 5.91 Å². The number of aromatic nitrogens is 5. The lowest BCUT2D eigenvalue weighted by Crippen LogP contribution is -2.36. The molecule has 0 aliphatic carbocycles. The Bertz CT molecular complexity index is 851. The summed E-state index contributed by atoms with van der Waals surface area (Å²) in [5, 5.41) is 14.4. The Morgan fingerprint density at radius 1 is 1.22 bits per heavy atom. The summed E-state index contributed by atoms with van der Waals surface area (Å²) in [6, 6.07) is 5.52. The number of H-pyrrole nitrogens is 2. The summed E-state index contributed by atoms with van der Waals surface area (Å²) < 4.78 is 0. The van der Waals surface area contributed by atoms with Gasteiger partial charge in [0.15, 0.2) is 0 Å². The number of rotatable bonds is 2. The Hall–Kier alpha value is -2.96. The number of hydrogen-bond acceptors (Lipinski definition) is 4. The molecule has 0 atom stereocenters. The van der Waals surface area contributed by atoms with Gasteiger partial charge in [-0.05, 0) is 25.1 Å². The highest BCUT2D eigenvalue weighted by atomic mass is 16.2. The number of nitrogens with zero attached hydrogens (tertiary/aromatic N) is 4. The first-order chi connectivity index (χ1) is 11.2. The molecule has 0 aromatic carbocycles. The van der Waals surface area contributed by atoms with Crippen molar-refractivity contribution in [2.75, 3.05) is 6.54 Å². The third-order valence-electron chi connectivity index (χ3n) is 4.20. The average molecular weight is 308 g/mol. The number of hydrogen-bond donors (Lipinski definition) is 2. The standard InChI is InChI=1S/C16H16N6O/c1-10-12-9-22(7-4-13(12)19-18-10)16(23)15-8-14(20-21-15)11-2-5-17-6-3-11/h2-3,5-6,8H,4,7,9H2,1H3,(H,18,19)(H,20,21). The van der Waals surface area contributed by atoms with Gasteiger partial charge in [-0.2, -0.15) is 10.2 Å². The predicted octanol–water partition coefficient (Wildman–Crippen LogP) is 1.70. The van der Waals surface area contributed by atoms with Gasteiger partial charge >= 0.3 is 0 Å². The van der Waals surface area contributed by atoms with Crippen molar-refractivity contribution in [3.05, 3.63) is 53.2 Å². The fourth-order valence-corrected chi connectivity index (χ4v) is 2.88. The molecule has 0 bridgehead atoms. The second kappa shape index (κ2) is 5.35. The normalized spacial score (nSPS) is 13.9. The molecule has 0 unspecified atom stereocenters. The quantitative estimate of drug-likeness (QED) is 0.754. The molecule has 0 fully saturated rings. The van der Waals surface area contributed by atoms with Crippen molar-refractivity contribution in [3.63, 3.8) is 0 Å². The molecule has 0 saturated heterocycles. The number of amides is 1. The molecule has 3 aromatic rings. The minimum Gasteiger partial charge on any atom is -0.332 e. The van der Waals surface area contributed by atoms with Gasteiger partial charge in [-0.1, -0.05) is 0 Å². The monoisotopic (exact) mass is 308 g/mol. The molecule has 2 N–H and O–H groups in total. The summed E-state index contributed by atoms with van der Waals surface area (Å²) in [7, 11) is 0. The molecule has 0 spiro atoms. The van der Waals surface area contributed by atoms with E-state index in [2.05, 4.69) is 25.4 Å². The van der Waals surface area contributed by atoms with Crippen LogP contribution in [0.1, 0.15) is 27.4 Å². The SMILES string of the molecule is Cc1[nH]nc2c1CN(C(=O)c1cc(-c3ccncc3)n[nH]1)CC2. The van der Waals surface area contributed by atoms with Crippen LogP contribution in [0.4, 0.5) is 0 Å². The van der Waals surface area contributed by atoms with E-state index in [-0.39, 0.29) is 5.91 Å². The van der Waals surface area contributed by atoms with E-state index in [1.807, 2.05) is 24.0 Å². The van der Waals surface area contributed by atoms with Crippen molar-refractivity contribution in [2.45, 2.75) is 19.9 Å². The Labute approximate surface area is 132 Å². The second-order valence-electron chi connectivity index (χ2n) is 5.65. The van der Waals surface area contributed by atoms with Crippen LogP contribution in [0.2, 0.25) is 0 Å². The van der Waals surface area contributed by atoms with Crippen LogP contribution >= 0.6 is 0 Å². The summed E-state index contributed by atoms with van der Waals surface area (Å²) in [6.45, 7) is 3.23. The molecule has 4 heterocycles. The number of aryl methyl sites for hydroxylation is 1. The summed E-state index contributed by atoms with van der Waals surface area (Å²) >= 11 is 0. The molecule has 0 radical (unpaired) electrons. The largest absolute Gasteiger partial charge is 0.332 e. The summed E-state index contributed by atoms with van der Waals surface area (Å²) in [4.78, 5) is 18.5. The maximum absolute atomic E-state index is 12.7. The zero-order chi connectivity index (χ0) is 15.8. The van der Waals surface area contributed by atoms with E-state index in [0.29, 0.717) is 18.8 Å². The zero-order valence-electron chi connectivity index (χ0n) is 12.7. The van der Waals surface area contributed by atoms with E-state index in [9.17, 15) is 4.79 Å². The first-order valence-electron chi connectivity index (χ1n) is 7.50. The minimum absolute atomic E-state index is 0.0379. The molecule has 1 amide bonds. The number of carbonyl (C=O) groups excluding carboxylic acids is 1. The summed E-state index contributed by atoms with van der Waals surface area (Å²) in [5.74, 6) is -0.0379. The van der Waals surface area contributed by atoms with Crippen LogP contribution in [0.15, 0.2) is 30.6 Å². The molecule has 4 rings (SSSR count). The highest BCUT2D eigenvalue weighted by molar-refractivity contribution is 5.93. The Morgan fingerprint density at radius 3 is 2.87 bits per heavy atom. The first kappa shape index (κ1) is 13.7. The number of nitrogens with one attached hydrogen (secondary N) is 2. The second-order valence-corrected chi connectivity index (χ2v) is 5.65. The van der Waals surface area contributed by atoms with Crippen LogP contribution in [0.25, 0.3) is 11.3 Å². The maximum Gasteiger partial charge on any atom is 0.272 e. The van der Waals surface area contributed by atoms with Crippen molar-refractivity contribution < 1.29 is 4.79 Å². The summed E-state index contributed by atoms with van der Waals surface area (Å²) in [6.07, 6.45) is 4.19. The van der Waals surface area contributed by atoms with Crippen LogP contribution in [-0.4, -0.2) is 42.7 Å². The number of aromatic amines is 2. The number of pyridine rings is 1. The van der Waals surface area contributed by atoms with Crippen molar-refractivity contribution >= 4 is 5.91 Å². The molecule has 7 heteroatoms. The molecule has 3 aromatic heterocycles. The fourth-order valence-electron chi connectivity index (χ4n) is 2.88. The zero-order valence-corrected chi connectivity index (χ0v) is 12.7.